The molecule has 0 bridgehead atoms. The van der Waals surface area contributed by atoms with Gasteiger partial charge in [-0.3, -0.25) is 4.79 Å². The van der Waals surface area contributed by atoms with Gasteiger partial charge in [-0.2, -0.15) is 0 Å². The van der Waals surface area contributed by atoms with Crippen LogP contribution in [0, 0.1) is 5.92 Å². The predicted octanol–water partition coefficient (Wildman–Crippen LogP) is 0.456. The molecule has 2 aliphatic heterocycles. The van der Waals surface area contributed by atoms with Gasteiger partial charge in [-0.05, 0) is 25.2 Å². The van der Waals surface area contributed by atoms with E-state index in [1.165, 1.54) is 9.80 Å². The largest absolute Gasteiger partial charge is 0.480 e. The highest BCUT2D eigenvalue weighted by molar-refractivity contribution is 5.87. The fourth-order valence-corrected chi connectivity index (χ4v) is 3.09. The Kier molecular flexibility index (Phi) is 4.69. The maximum Gasteiger partial charge on any atom is 0.326 e. The molecule has 7 heteroatoms. The van der Waals surface area contributed by atoms with E-state index in [4.69, 9.17) is 0 Å². The molecule has 0 aromatic carbocycles. The van der Waals surface area contributed by atoms with Crippen LogP contribution in [0.1, 0.15) is 26.2 Å². The lowest BCUT2D eigenvalue weighted by Crippen LogP contribution is -2.50. The van der Waals surface area contributed by atoms with Crippen LogP contribution in [0.15, 0.2) is 0 Å². The lowest BCUT2D eigenvalue weighted by molar-refractivity contribution is -0.142. The first-order valence-electron chi connectivity index (χ1n) is 7.44. The van der Waals surface area contributed by atoms with E-state index in [2.05, 4.69) is 0 Å². The van der Waals surface area contributed by atoms with Crippen LogP contribution in [-0.4, -0.2) is 77.0 Å². The minimum absolute atomic E-state index is 0.00997. The summed E-state index contributed by atoms with van der Waals surface area (Å²) < 4.78 is 0. The quantitative estimate of drug-likeness (QED) is 0.820. The van der Waals surface area contributed by atoms with Crippen LogP contribution in [0.3, 0.4) is 0 Å². The summed E-state index contributed by atoms with van der Waals surface area (Å²) in [6.07, 6.45) is 2.69. The van der Waals surface area contributed by atoms with Gasteiger partial charge in [-0.25, -0.2) is 9.59 Å². The van der Waals surface area contributed by atoms with E-state index in [0.29, 0.717) is 13.0 Å². The highest BCUT2D eigenvalue weighted by atomic mass is 16.4. The summed E-state index contributed by atoms with van der Waals surface area (Å²) in [5.41, 5.74) is 0. The number of likely N-dealkylation sites (tertiary alicyclic amines) is 2. The summed E-state index contributed by atoms with van der Waals surface area (Å²) in [5, 5.41) is 9.25. The van der Waals surface area contributed by atoms with Gasteiger partial charge in [0.25, 0.3) is 0 Å². The highest BCUT2D eigenvalue weighted by Gasteiger charge is 2.40. The van der Waals surface area contributed by atoms with Crippen molar-refractivity contribution in [2.75, 3.05) is 33.2 Å². The van der Waals surface area contributed by atoms with Crippen molar-refractivity contribution in [2.24, 2.45) is 5.92 Å². The van der Waals surface area contributed by atoms with E-state index in [1.807, 2.05) is 6.92 Å². The Morgan fingerprint density at radius 3 is 2.38 bits per heavy atom. The zero-order valence-electron chi connectivity index (χ0n) is 12.6. The monoisotopic (exact) mass is 297 g/mol. The molecule has 0 radical (unpaired) electrons. The number of likely N-dealkylation sites (N-methyl/N-ethyl adjacent to an activating group) is 1. The summed E-state index contributed by atoms with van der Waals surface area (Å²) in [5.74, 6) is -1.11. The normalized spacial score (nSPS) is 25.2. The van der Waals surface area contributed by atoms with Gasteiger partial charge in [-0.15, -0.1) is 0 Å². The Hall–Kier alpha value is -1.79. The van der Waals surface area contributed by atoms with Gasteiger partial charge in [0, 0.05) is 26.7 Å². The molecule has 2 atom stereocenters. The number of nitrogens with zero attached hydrogens (tertiary/aromatic N) is 3. The van der Waals surface area contributed by atoms with Gasteiger partial charge >= 0.3 is 12.0 Å². The average molecular weight is 297 g/mol. The molecule has 0 aromatic heterocycles. The molecule has 3 amide bonds. The smallest absolute Gasteiger partial charge is 0.326 e. The lowest BCUT2D eigenvalue weighted by atomic mass is 10.0. The average Bonchev–Trinajstić information content (AvgIpc) is 3.06. The van der Waals surface area contributed by atoms with Gasteiger partial charge in [0.15, 0.2) is 0 Å². The van der Waals surface area contributed by atoms with Gasteiger partial charge in [-0.1, -0.05) is 6.92 Å². The zero-order valence-corrected chi connectivity index (χ0v) is 12.6. The predicted molar refractivity (Wildman–Crippen MR) is 75.8 cm³/mol. The molecular formula is C14H23N3O4. The molecule has 2 fully saturated rings. The summed E-state index contributed by atoms with van der Waals surface area (Å²) >= 11 is 0. The van der Waals surface area contributed by atoms with E-state index in [-0.39, 0.29) is 24.4 Å². The van der Waals surface area contributed by atoms with Crippen molar-refractivity contribution in [1.82, 2.24) is 14.7 Å². The van der Waals surface area contributed by atoms with Crippen LogP contribution in [0.2, 0.25) is 0 Å². The maximum atomic E-state index is 12.4. The molecule has 1 N–H and O–H groups in total. The van der Waals surface area contributed by atoms with Crippen LogP contribution in [0.25, 0.3) is 0 Å². The van der Waals surface area contributed by atoms with Crippen molar-refractivity contribution in [2.45, 2.75) is 32.2 Å². The van der Waals surface area contributed by atoms with Gasteiger partial charge < -0.3 is 19.8 Å². The summed E-state index contributed by atoms with van der Waals surface area (Å²) in [6.45, 7) is 3.77. The van der Waals surface area contributed by atoms with E-state index < -0.39 is 12.0 Å². The fourth-order valence-electron chi connectivity index (χ4n) is 3.09. The topological polar surface area (TPSA) is 81.2 Å². The minimum Gasteiger partial charge on any atom is -0.480 e. The van der Waals surface area contributed by atoms with Gasteiger partial charge in [0.2, 0.25) is 5.91 Å². The van der Waals surface area contributed by atoms with Crippen molar-refractivity contribution >= 4 is 17.9 Å². The van der Waals surface area contributed by atoms with Crippen LogP contribution < -0.4 is 0 Å². The first-order valence-corrected chi connectivity index (χ1v) is 7.44. The molecule has 0 saturated carbocycles. The Balaban J connectivity index is 1.95. The molecule has 7 nitrogen and oxygen atoms in total. The van der Waals surface area contributed by atoms with Crippen molar-refractivity contribution in [3.8, 4) is 0 Å². The third kappa shape index (κ3) is 3.28. The van der Waals surface area contributed by atoms with Crippen molar-refractivity contribution < 1.29 is 19.5 Å². The molecule has 2 rings (SSSR count). The SMILES string of the molecule is CC1CCN(C(=O)N(C)CC(=O)N2CCCC2)C1C(=O)O. The number of rotatable bonds is 3. The van der Waals surface area contributed by atoms with Crippen LogP contribution in [-0.2, 0) is 9.59 Å². The van der Waals surface area contributed by atoms with Crippen molar-refractivity contribution in [3.63, 3.8) is 0 Å². The van der Waals surface area contributed by atoms with E-state index in [9.17, 15) is 19.5 Å². The van der Waals surface area contributed by atoms with Gasteiger partial charge in [0.1, 0.15) is 12.6 Å². The van der Waals surface area contributed by atoms with Crippen LogP contribution >= 0.6 is 0 Å². The maximum absolute atomic E-state index is 12.4. The van der Waals surface area contributed by atoms with Crippen molar-refractivity contribution in [1.29, 1.82) is 0 Å². The highest BCUT2D eigenvalue weighted by Crippen LogP contribution is 2.25. The number of aliphatic carboxylic acids is 1. The number of carbonyl (C=O) groups is 3. The third-order valence-electron chi connectivity index (χ3n) is 4.36. The van der Waals surface area contributed by atoms with Crippen LogP contribution in [0.4, 0.5) is 4.79 Å². The number of hydrogen-bond donors (Lipinski definition) is 1. The molecule has 2 unspecified atom stereocenters. The number of hydrogen-bond acceptors (Lipinski definition) is 3. The number of carbonyl (C=O) groups excluding carboxylic acids is 2. The van der Waals surface area contributed by atoms with Crippen molar-refractivity contribution in [3.05, 3.63) is 0 Å². The van der Waals surface area contributed by atoms with E-state index >= 15 is 0 Å². The molecule has 118 valence electrons. The molecule has 0 aliphatic carbocycles. The first kappa shape index (κ1) is 15.6. The zero-order chi connectivity index (χ0) is 15.6. The van der Waals surface area contributed by atoms with E-state index in [0.717, 1.165) is 25.9 Å². The molecular weight excluding hydrogens is 274 g/mol. The Bertz CT molecular complexity index is 434. The minimum atomic E-state index is -0.979. The van der Waals surface area contributed by atoms with Crippen LogP contribution in [0.5, 0.6) is 0 Å². The molecule has 2 saturated heterocycles. The molecule has 0 aromatic rings. The second-order valence-corrected chi connectivity index (χ2v) is 5.97. The number of amides is 3. The van der Waals surface area contributed by atoms with Gasteiger partial charge in [0.05, 0.1) is 0 Å². The summed E-state index contributed by atoms with van der Waals surface area (Å²) in [7, 11) is 1.55. The summed E-state index contributed by atoms with van der Waals surface area (Å²) in [6, 6.07) is -1.17. The first-order chi connectivity index (χ1) is 9.91. The Labute approximate surface area is 124 Å². The standard InChI is InChI=1S/C14H23N3O4/c1-10-5-8-17(12(10)13(19)20)14(21)15(2)9-11(18)16-6-3-4-7-16/h10,12H,3-9H2,1-2H3,(H,19,20). The Morgan fingerprint density at radius 1 is 1.19 bits per heavy atom. The third-order valence-corrected chi connectivity index (χ3v) is 4.36. The second kappa shape index (κ2) is 6.32. The summed E-state index contributed by atoms with van der Waals surface area (Å²) in [4.78, 5) is 40.2. The van der Waals surface area contributed by atoms with E-state index in [1.54, 1.807) is 11.9 Å². The molecule has 0 spiro atoms. The lowest BCUT2D eigenvalue weighted by Gasteiger charge is -2.29. The molecule has 21 heavy (non-hydrogen) atoms. The molecule has 2 heterocycles. The second-order valence-electron chi connectivity index (χ2n) is 5.97. The number of carboxylic acids is 1. The molecule has 2 aliphatic rings. The number of carboxylic acid groups (broad SMARTS) is 1. The Morgan fingerprint density at radius 2 is 1.81 bits per heavy atom. The fraction of sp³-hybridized carbons (Fsp3) is 0.786. The number of urea groups is 1.